The van der Waals surface area contributed by atoms with Gasteiger partial charge in [0.15, 0.2) is 0 Å². The van der Waals surface area contributed by atoms with Crippen molar-refractivity contribution in [3.05, 3.63) is 65.7 Å². The highest BCUT2D eigenvalue weighted by molar-refractivity contribution is 5.74. The van der Waals surface area contributed by atoms with Gasteiger partial charge >= 0.3 is 6.03 Å². The van der Waals surface area contributed by atoms with E-state index in [1.54, 1.807) is 7.11 Å². The van der Waals surface area contributed by atoms with Gasteiger partial charge in [0.2, 0.25) is 0 Å². The van der Waals surface area contributed by atoms with Crippen molar-refractivity contribution in [3.8, 4) is 5.75 Å². The Hall–Kier alpha value is -2.49. The van der Waals surface area contributed by atoms with Crippen LogP contribution >= 0.6 is 0 Å². The van der Waals surface area contributed by atoms with Gasteiger partial charge in [0.1, 0.15) is 5.75 Å². The summed E-state index contributed by atoms with van der Waals surface area (Å²) in [4.78, 5) is 14.6. The first kappa shape index (κ1) is 17.3. The lowest BCUT2D eigenvalue weighted by atomic mass is 9.94. The third-order valence-corrected chi connectivity index (χ3v) is 4.83. The molecule has 0 radical (unpaired) electrons. The van der Waals surface area contributed by atoms with Gasteiger partial charge in [-0.1, -0.05) is 48.9 Å². The summed E-state index contributed by atoms with van der Waals surface area (Å²) in [6, 6.07) is 18.4. The number of methoxy groups -OCH3 is 1. The van der Waals surface area contributed by atoms with Crippen molar-refractivity contribution >= 4 is 6.03 Å². The predicted molar refractivity (Wildman–Crippen MR) is 99.8 cm³/mol. The zero-order chi connectivity index (χ0) is 17.5. The molecule has 2 aromatic rings. The van der Waals surface area contributed by atoms with Crippen molar-refractivity contribution in [1.29, 1.82) is 0 Å². The van der Waals surface area contributed by atoms with Crippen molar-refractivity contribution in [2.45, 2.75) is 31.7 Å². The Balaban J connectivity index is 1.58. The summed E-state index contributed by atoms with van der Waals surface area (Å²) in [6.07, 6.45) is 3.38. The second-order valence-corrected chi connectivity index (χ2v) is 6.56. The lowest BCUT2D eigenvalue weighted by Gasteiger charge is -2.25. The molecule has 132 valence electrons. The number of benzene rings is 2. The molecule has 1 aliphatic rings. The van der Waals surface area contributed by atoms with E-state index in [2.05, 4.69) is 29.6 Å². The molecule has 1 fully saturated rings. The average molecular weight is 338 g/mol. The second kappa shape index (κ2) is 8.56. The topological polar surface area (TPSA) is 41.6 Å². The van der Waals surface area contributed by atoms with Gasteiger partial charge in [-0.15, -0.1) is 0 Å². The van der Waals surface area contributed by atoms with Crippen LogP contribution in [0.25, 0.3) is 0 Å². The van der Waals surface area contributed by atoms with E-state index in [9.17, 15) is 4.79 Å². The molecule has 1 atom stereocenters. The van der Waals surface area contributed by atoms with E-state index >= 15 is 0 Å². The molecule has 0 spiro atoms. The van der Waals surface area contributed by atoms with Crippen LogP contribution in [0.4, 0.5) is 4.79 Å². The molecule has 0 aliphatic carbocycles. The van der Waals surface area contributed by atoms with Crippen molar-refractivity contribution in [1.82, 2.24) is 10.2 Å². The highest BCUT2D eigenvalue weighted by Gasteiger charge is 2.22. The van der Waals surface area contributed by atoms with E-state index in [0.717, 1.165) is 37.2 Å². The second-order valence-electron chi connectivity index (χ2n) is 6.56. The van der Waals surface area contributed by atoms with E-state index in [-0.39, 0.29) is 6.03 Å². The number of carbonyl (C=O) groups excluding carboxylic acids is 1. The first-order chi connectivity index (χ1) is 12.3. The van der Waals surface area contributed by atoms with Gasteiger partial charge in [-0.25, -0.2) is 4.79 Å². The predicted octanol–water partition coefficient (Wildman–Crippen LogP) is 4.17. The van der Waals surface area contributed by atoms with Crippen LogP contribution in [-0.4, -0.2) is 31.1 Å². The standard InChI is InChI=1S/C21H26N2O2/c1-25-20-12-10-17(11-13-20)15-22-21(24)23-14-6-5-9-19(16-23)18-7-3-2-4-8-18/h2-4,7-8,10-13,19H,5-6,9,14-16H2,1H3,(H,22,24). The van der Waals surface area contributed by atoms with Gasteiger partial charge in [0.25, 0.3) is 0 Å². The summed E-state index contributed by atoms with van der Waals surface area (Å²) in [5.74, 6) is 1.25. The van der Waals surface area contributed by atoms with Crippen LogP contribution in [-0.2, 0) is 6.54 Å². The third kappa shape index (κ3) is 4.75. The van der Waals surface area contributed by atoms with Gasteiger partial charge in [-0.05, 0) is 36.1 Å². The Morgan fingerprint density at radius 3 is 2.60 bits per heavy atom. The summed E-state index contributed by atoms with van der Waals surface area (Å²) >= 11 is 0. The van der Waals surface area contributed by atoms with Crippen molar-refractivity contribution in [3.63, 3.8) is 0 Å². The molecule has 0 aromatic heterocycles. The van der Waals surface area contributed by atoms with Crippen LogP contribution in [0.5, 0.6) is 5.75 Å². The highest BCUT2D eigenvalue weighted by Crippen LogP contribution is 2.26. The third-order valence-electron chi connectivity index (χ3n) is 4.83. The minimum atomic E-state index is 0.0265. The van der Waals surface area contributed by atoms with E-state index in [4.69, 9.17) is 4.74 Å². The lowest BCUT2D eigenvalue weighted by Crippen LogP contribution is -2.41. The van der Waals surface area contributed by atoms with Gasteiger partial charge in [-0.3, -0.25) is 0 Å². The molecule has 1 unspecified atom stereocenters. The maximum absolute atomic E-state index is 12.6. The summed E-state index contributed by atoms with van der Waals surface area (Å²) in [7, 11) is 1.65. The first-order valence-corrected chi connectivity index (χ1v) is 8.97. The summed E-state index contributed by atoms with van der Waals surface area (Å²) in [5, 5.41) is 3.05. The van der Waals surface area contributed by atoms with Gasteiger partial charge in [-0.2, -0.15) is 0 Å². The Labute approximate surface area is 149 Å². The summed E-state index contributed by atoms with van der Waals surface area (Å²) in [5.41, 5.74) is 2.40. The molecule has 1 N–H and O–H groups in total. The van der Waals surface area contributed by atoms with E-state index in [1.165, 1.54) is 12.0 Å². The Kier molecular flexibility index (Phi) is 5.94. The summed E-state index contributed by atoms with van der Waals surface area (Å²) < 4.78 is 5.16. The molecule has 1 saturated heterocycles. The van der Waals surface area contributed by atoms with E-state index < -0.39 is 0 Å². The maximum Gasteiger partial charge on any atom is 0.317 e. The number of nitrogens with zero attached hydrogens (tertiary/aromatic N) is 1. The number of hydrogen-bond acceptors (Lipinski definition) is 2. The molecule has 4 nitrogen and oxygen atoms in total. The highest BCUT2D eigenvalue weighted by atomic mass is 16.5. The quantitative estimate of drug-likeness (QED) is 0.909. The van der Waals surface area contributed by atoms with Gasteiger partial charge in [0, 0.05) is 25.6 Å². The van der Waals surface area contributed by atoms with Crippen LogP contribution in [0.2, 0.25) is 0 Å². The van der Waals surface area contributed by atoms with Crippen LogP contribution in [0, 0.1) is 0 Å². The molecule has 0 bridgehead atoms. The molecule has 1 heterocycles. The molecule has 25 heavy (non-hydrogen) atoms. The fraction of sp³-hybridized carbons (Fsp3) is 0.381. The fourth-order valence-corrected chi connectivity index (χ4v) is 3.36. The molecule has 2 amide bonds. The van der Waals surface area contributed by atoms with Crippen LogP contribution in [0.15, 0.2) is 54.6 Å². The van der Waals surface area contributed by atoms with Gasteiger partial charge < -0.3 is 15.0 Å². The largest absolute Gasteiger partial charge is 0.497 e. The van der Waals surface area contributed by atoms with Crippen molar-refractivity contribution < 1.29 is 9.53 Å². The Bertz CT molecular complexity index is 670. The zero-order valence-corrected chi connectivity index (χ0v) is 14.8. The van der Waals surface area contributed by atoms with E-state index in [1.807, 2.05) is 35.2 Å². The molecule has 4 heteroatoms. The fourth-order valence-electron chi connectivity index (χ4n) is 3.36. The first-order valence-electron chi connectivity index (χ1n) is 8.97. The van der Waals surface area contributed by atoms with Crippen LogP contribution in [0.3, 0.4) is 0 Å². The number of amides is 2. The molecular weight excluding hydrogens is 312 g/mol. The molecule has 3 rings (SSSR count). The van der Waals surface area contributed by atoms with Crippen LogP contribution in [0.1, 0.15) is 36.3 Å². The number of nitrogens with one attached hydrogen (secondary N) is 1. The van der Waals surface area contributed by atoms with Crippen molar-refractivity contribution in [2.75, 3.05) is 20.2 Å². The van der Waals surface area contributed by atoms with E-state index in [0.29, 0.717) is 12.5 Å². The number of carbonyl (C=O) groups is 1. The molecule has 1 aliphatic heterocycles. The maximum atomic E-state index is 12.6. The lowest BCUT2D eigenvalue weighted by molar-refractivity contribution is 0.197. The molecule has 0 saturated carbocycles. The molecular formula is C21H26N2O2. The Morgan fingerprint density at radius 1 is 1.12 bits per heavy atom. The number of urea groups is 1. The van der Waals surface area contributed by atoms with Crippen LogP contribution < -0.4 is 10.1 Å². The summed E-state index contributed by atoms with van der Waals surface area (Å²) in [6.45, 7) is 2.16. The van der Waals surface area contributed by atoms with Crippen molar-refractivity contribution in [2.24, 2.45) is 0 Å². The number of rotatable bonds is 4. The minimum absolute atomic E-state index is 0.0265. The average Bonchev–Trinajstić information content (AvgIpc) is 2.93. The van der Waals surface area contributed by atoms with Gasteiger partial charge in [0.05, 0.1) is 7.11 Å². The minimum Gasteiger partial charge on any atom is -0.497 e. The normalized spacial score (nSPS) is 17.6. The number of likely N-dealkylation sites (tertiary alicyclic amines) is 1. The number of ether oxygens (including phenoxy) is 1. The SMILES string of the molecule is COc1ccc(CNC(=O)N2CCCCC(c3ccccc3)C2)cc1. The zero-order valence-electron chi connectivity index (χ0n) is 14.8. The Morgan fingerprint density at radius 2 is 1.88 bits per heavy atom. The number of hydrogen-bond donors (Lipinski definition) is 1. The smallest absolute Gasteiger partial charge is 0.317 e. The molecule has 2 aromatic carbocycles. The monoisotopic (exact) mass is 338 g/mol.